The van der Waals surface area contributed by atoms with Crippen LogP contribution in [0, 0.1) is 5.82 Å². The Balaban J connectivity index is 2.30. The van der Waals surface area contributed by atoms with Gasteiger partial charge < -0.3 is 10.1 Å². The number of aromatic nitrogens is 1. The summed E-state index contributed by atoms with van der Waals surface area (Å²) >= 11 is 0. The molecule has 0 radical (unpaired) electrons. The van der Waals surface area contributed by atoms with E-state index in [0.29, 0.717) is 5.56 Å². The SMILES string of the molecule is CCNC(c1ccncc1F)C1(C)CCCCO1. The molecule has 2 heterocycles. The second kappa shape index (κ2) is 5.76. The summed E-state index contributed by atoms with van der Waals surface area (Å²) in [6.07, 6.45) is 6.07. The monoisotopic (exact) mass is 252 g/mol. The van der Waals surface area contributed by atoms with Crippen molar-refractivity contribution >= 4 is 0 Å². The van der Waals surface area contributed by atoms with Crippen LogP contribution >= 0.6 is 0 Å². The molecule has 100 valence electrons. The van der Waals surface area contributed by atoms with Crippen molar-refractivity contribution in [3.63, 3.8) is 0 Å². The van der Waals surface area contributed by atoms with Gasteiger partial charge in [-0.3, -0.25) is 4.98 Å². The second-order valence-corrected chi connectivity index (χ2v) is 5.01. The summed E-state index contributed by atoms with van der Waals surface area (Å²) in [5, 5.41) is 3.36. The molecule has 1 aromatic heterocycles. The highest BCUT2D eigenvalue weighted by Gasteiger charge is 2.38. The fourth-order valence-electron chi connectivity index (χ4n) is 2.66. The summed E-state index contributed by atoms with van der Waals surface area (Å²) in [4.78, 5) is 3.81. The molecular formula is C14H21FN2O. The first-order chi connectivity index (χ1) is 8.67. The summed E-state index contributed by atoms with van der Waals surface area (Å²) in [6.45, 7) is 5.63. The van der Waals surface area contributed by atoms with Crippen LogP contribution in [-0.2, 0) is 4.74 Å². The van der Waals surface area contributed by atoms with Crippen LogP contribution in [0.4, 0.5) is 4.39 Å². The molecule has 2 unspecified atom stereocenters. The van der Waals surface area contributed by atoms with Crippen molar-refractivity contribution in [2.24, 2.45) is 0 Å². The maximum Gasteiger partial charge on any atom is 0.146 e. The van der Waals surface area contributed by atoms with E-state index in [2.05, 4.69) is 17.2 Å². The quantitative estimate of drug-likeness (QED) is 0.894. The normalized spacial score (nSPS) is 25.9. The smallest absolute Gasteiger partial charge is 0.146 e. The van der Waals surface area contributed by atoms with E-state index in [-0.39, 0.29) is 17.5 Å². The van der Waals surface area contributed by atoms with Crippen molar-refractivity contribution in [2.45, 2.75) is 44.8 Å². The van der Waals surface area contributed by atoms with Crippen molar-refractivity contribution < 1.29 is 9.13 Å². The lowest BCUT2D eigenvalue weighted by Gasteiger charge is -2.41. The number of ether oxygens (including phenoxy) is 1. The topological polar surface area (TPSA) is 34.2 Å². The third kappa shape index (κ3) is 2.70. The Hall–Kier alpha value is -1.00. The van der Waals surface area contributed by atoms with Crippen LogP contribution in [0.1, 0.15) is 44.7 Å². The molecule has 1 aromatic rings. The Labute approximate surface area is 108 Å². The molecule has 2 atom stereocenters. The number of nitrogens with zero attached hydrogens (tertiary/aromatic N) is 1. The summed E-state index contributed by atoms with van der Waals surface area (Å²) in [5.74, 6) is -0.265. The molecule has 0 spiro atoms. The highest BCUT2D eigenvalue weighted by molar-refractivity contribution is 5.21. The van der Waals surface area contributed by atoms with Gasteiger partial charge in [-0.2, -0.15) is 0 Å². The molecule has 3 nitrogen and oxygen atoms in total. The molecule has 18 heavy (non-hydrogen) atoms. The zero-order chi connectivity index (χ0) is 13.0. The number of nitrogens with one attached hydrogen (secondary N) is 1. The van der Waals surface area contributed by atoms with E-state index in [0.717, 1.165) is 32.4 Å². The van der Waals surface area contributed by atoms with Crippen molar-refractivity contribution in [2.75, 3.05) is 13.2 Å². The van der Waals surface area contributed by atoms with Crippen LogP contribution in [0.2, 0.25) is 0 Å². The molecule has 2 rings (SSSR count). The lowest BCUT2D eigenvalue weighted by Crippen LogP contribution is -2.46. The predicted molar refractivity (Wildman–Crippen MR) is 68.8 cm³/mol. The van der Waals surface area contributed by atoms with Crippen LogP contribution in [-0.4, -0.2) is 23.7 Å². The Morgan fingerprint density at radius 2 is 2.39 bits per heavy atom. The number of hydrogen-bond donors (Lipinski definition) is 1. The summed E-state index contributed by atoms with van der Waals surface area (Å²) in [7, 11) is 0. The van der Waals surface area contributed by atoms with Gasteiger partial charge in [-0.15, -0.1) is 0 Å². The number of pyridine rings is 1. The largest absolute Gasteiger partial charge is 0.373 e. The van der Waals surface area contributed by atoms with E-state index in [1.165, 1.54) is 6.20 Å². The van der Waals surface area contributed by atoms with Gasteiger partial charge in [0.1, 0.15) is 5.82 Å². The molecule has 1 saturated heterocycles. The Kier molecular flexibility index (Phi) is 4.30. The van der Waals surface area contributed by atoms with E-state index < -0.39 is 0 Å². The second-order valence-electron chi connectivity index (χ2n) is 5.01. The van der Waals surface area contributed by atoms with Gasteiger partial charge in [0.05, 0.1) is 17.8 Å². The minimum absolute atomic E-state index is 0.120. The maximum atomic E-state index is 13.9. The number of likely N-dealkylation sites (N-methyl/N-ethyl adjacent to an activating group) is 1. The first kappa shape index (κ1) is 13.4. The Morgan fingerprint density at radius 3 is 3.00 bits per heavy atom. The lowest BCUT2D eigenvalue weighted by molar-refractivity contribution is -0.0901. The molecule has 0 saturated carbocycles. The summed E-state index contributed by atoms with van der Waals surface area (Å²) < 4.78 is 19.9. The predicted octanol–water partition coefficient (Wildman–Crippen LogP) is 2.83. The Bertz CT molecular complexity index is 391. The molecule has 0 amide bonds. The first-order valence-electron chi connectivity index (χ1n) is 6.64. The van der Waals surface area contributed by atoms with E-state index in [9.17, 15) is 4.39 Å². The number of halogens is 1. The third-order valence-corrected chi connectivity index (χ3v) is 3.63. The van der Waals surface area contributed by atoms with Gasteiger partial charge in [-0.05, 0) is 38.8 Å². The summed E-state index contributed by atoms with van der Waals surface area (Å²) in [6, 6.07) is 1.62. The molecule has 0 aliphatic carbocycles. The molecule has 0 aromatic carbocycles. The highest BCUT2D eigenvalue weighted by atomic mass is 19.1. The minimum atomic E-state index is -0.337. The van der Waals surface area contributed by atoms with Gasteiger partial charge in [0.25, 0.3) is 0 Å². The van der Waals surface area contributed by atoms with Gasteiger partial charge in [0.2, 0.25) is 0 Å². The standard InChI is InChI=1S/C14H21FN2O/c1-3-17-13(11-6-8-16-10-12(11)15)14(2)7-4-5-9-18-14/h6,8,10,13,17H,3-5,7,9H2,1-2H3. The van der Waals surface area contributed by atoms with Gasteiger partial charge >= 0.3 is 0 Å². The molecule has 4 heteroatoms. The van der Waals surface area contributed by atoms with Crippen LogP contribution in [0.25, 0.3) is 0 Å². The van der Waals surface area contributed by atoms with Crippen molar-refractivity contribution in [3.05, 3.63) is 29.8 Å². The average Bonchev–Trinajstić information content (AvgIpc) is 2.38. The van der Waals surface area contributed by atoms with Crippen molar-refractivity contribution in [3.8, 4) is 0 Å². The zero-order valence-electron chi connectivity index (χ0n) is 11.1. The van der Waals surface area contributed by atoms with E-state index >= 15 is 0 Å². The number of hydrogen-bond acceptors (Lipinski definition) is 3. The molecule has 1 aliphatic rings. The molecular weight excluding hydrogens is 231 g/mol. The summed E-state index contributed by atoms with van der Waals surface area (Å²) in [5.41, 5.74) is 0.312. The van der Waals surface area contributed by atoms with E-state index in [1.807, 2.05) is 6.92 Å². The minimum Gasteiger partial charge on any atom is -0.373 e. The average molecular weight is 252 g/mol. The van der Waals surface area contributed by atoms with Gasteiger partial charge in [-0.25, -0.2) is 4.39 Å². The van der Waals surface area contributed by atoms with Gasteiger partial charge in [0.15, 0.2) is 0 Å². The fraction of sp³-hybridized carbons (Fsp3) is 0.643. The van der Waals surface area contributed by atoms with Crippen LogP contribution in [0.15, 0.2) is 18.5 Å². The van der Waals surface area contributed by atoms with E-state index in [4.69, 9.17) is 4.74 Å². The maximum absolute atomic E-state index is 13.9. The van der Waals surface area contributed by atoms with Crippen LogP contribution in [0.5, 0.6) is 0 Å². The van der Waals surface area contributed by atoms with Crippen molar-refractivity contribution in [1.82, 2.24) is 10.3 Å². The Morgan fingerprint density at radius 1 is 1.56 bits per heavy atom. The van der Waals surface area contributed by atoms with Crippen LogP contribution < -0.4 is 5.32 Å². The van der Waals surface area contributed by atoms with E-state index in [1.54, 1.807) is 12.3 Å². The molecule has 1 fully saturated rings. The molecule has 0 bridgehead atoms. The zero-order valence-corrected chi connectivity index (χ0v) is 11.1. The molecule has 1 N–H and O–H groups in total. The van der Waals surface area contributed by atoms with Gasteiger partial charge in [0, 0.05) is 18.4 Å². The lowest BCUT2D eigenvalue weighted by atomic mass is 9.84. The number of rotatable bonds is 4. The third-order valence-electron chi connectivity index (χ3n) is 3.63. The first-order valence-corrected chi connectivity index (χ1v) is 6.64. The molecule has 1 aliphatic heterocycles. The highest BCUT2D eigenvalue weighted by Crippen LogP contribution is 2.37. The van der Waals surface area contributed by atoms with Crippen molar-refractivity contribution in [1.29, 1.82) is 0 Å². The fourth-order valence-corrected chi connectivity index (χ4v) is 2.66. The van der Waals surface area contributed by atoms with Gasteiger partial charge in [-0.1, -0.05) is 6.92 Å². The van der Waals surface area contributed by atoms with Crippen LogP contribution in [0.3, 0.4) is 0 Å².